The molecule has 0 aromatic heterocycles. The van der Waals surface area contributed by atoms with Crippen molar-refractivity contribution in [1.29, 1.82) is 0 Å². The Morgan fingerprint density at radius 1 is 0.909 bits per heavy atom. The molecule has 3 aliphatic heterocycles. The lowest BCUT2D eigenvalue weighted by Crippen LogP contribution is -2.52. The second-order valence-electron chi connectivity index (χ2n) is 8.71. The van der Waals surface area contributed by atoms with Crippen LogP contribution < -0.4 is 14.8 Å². The third kappa shape index (κ3) is 4.90. The van der Waals surface area contributed by atoms with Crippen LogP contribution in [-0.4, -0.2) is 79.1 Å². The quantitative estimate of drug-likeness (QED) is 0.775. The third-order valence-corrected chi connectivity index (χ3v) is 6.57. The summed E-state index contributed by atoms with van der Waals surface area (Å²) in [5.41, 5.74) is 1.90. The Labute approximate surface area is 194 Å². The van der Waals surface area contributed by atoms with Gasteiger partial charge in [-0.2, -0.15) is 0 Å². The molecule has 0 unspecified atom stereocenters. The van der Waals surface area contributed by atoms with Crippen LogP contribution in [0.25, 0.3) is 0 Å². The summed E-state index contributed by atoms with van der Waals surface area (Å²) in [4.78, 5) is 31.6. The maximum atomic E-state index is 13.2. The highest BCUT2D eigenvalue weighted by Crippen LogP contribution is 2.38. The second-order valence-corrected chi connectivity index (χ2v) is 8.71. The number of anilines is 1. The smallest absolute Gasteiger partial charge is 0.321 e. The molecule has 2 saturated heterocycles. The maximum Gasteiger partial charge on any atom is 0.321 e. The van der Waals surface area contributed by atoms with Crippen molar-refractivity contribution in [2.75, 3.05) is 57.8 Å². The fourth-order valence-electron chi connectivity index (χ4n) is 4.79. The van der Waals surface area contributed by atoms with Crippen LogP contribution in [0.5, 0.6) is 11.5 Å². The number of hydrogen-bond acceptors (Lipinski definition) is 5. The van der Waals surface area contributed by atoms with Crippen LogP contribution in [-0.2, 0) is 4.79 Å². The van der Waals surface area contributed by atoms with E-state index >= 15 is 0 Å². The number of rotatable bonds is 4. The van der Waals surface area contributed by atoms with E-state index in [1.165, 1.54) is 0 Å². The molecule has 0 spiro atoms. The summed E-state index contributed by atoms with van der Waals surface area (Å²) in [6, 6.07) is 15.5. The molecule has 0 radical (unpaired) electrons. The van der Waals surface area contributed by atoms with Gasteiger partial charge in [-0.1, -0.05) is 24.3 Å². The zero-order valence-electron chi connectivity index (χ0n) is 18.7. The minimum atomic E-state index is -0.0922. The minimum absolute atomic E-state index is 0.0752. The molecule has 33 heavy (non-hydrogen) atoms. The molecule has 5 rings (SSSR count). The van der Waals surface area contributed by atoms with E-state index in [1.807, 2.05) is 58.3 Å². The molecule has 1 atom stereocenters. The number of urea groups is 1. The monoisotopic (exact) mass is 450 g/mol. The zero-order valence-corrected chi connectivity index (χ0v) is 18.7. The number of fused-ring (bicyclic) bond motifs is 1. The largest absolute Gasteiger partial charge is 0.486 e. The van der Waals surface area contributed by atoms with Crippen molar-refractivity contribution in [1.82, 2.24) is 14.7 Å². The van der Waals surface area contributed by atoms with E-state index in [0.29, 0.717) is 45.9 Å². The Morgan fingerprint density at radius 3 is 2.45 bits per heavy atom. The number of amides is 3. The Kier molecular flexibility index (Phi) is 6.35. The number of hydrogen-bond donors (Lipinski definition) is 1. The number of benzene rings is 2. The SMILES string of the molecule is O=C(Nc1ccccc1)N1CCN(CC(=O)N2CCC[C@@H]2c2ccc3c(c2)OCCO3)CC1. The van der Waals surface area contributed by atoms with Gasteiger partial charge in [0.15, 0.2) is 11.5 Å². The predicted octanol–water partition coefficient (Wildman–Crippen LogP) is 2.97. The Balaban J connectivity index is 1.14. The van der Waals surface area contributed by atoms with Crippen molar-refractivity contribution < 1.29 is 19.1 Å². The van der Waals surface area contributed by atoms with Crippen molar-refractivity contribution in [2.24, 2.45) is 0 Å². The highest BCUT2D eigenvalue weighted by Gasteiger charge is 2.32. The zero-order chi connectivity index (χ0) is 22.6. The average molecular weight is 451 g/mol. The molecule has 3 heterocycles. The standard InChI is InChI=1S/C25H30N4O4/c30-24(18-27-11-13-28(14-12-27)25(31)26-20-5-2-1-3-6-20)29-10-4-7-21(29)19-8-9-22-23(17-19)33-16-15-32-22/h1-3,5-6,8-9,17,21H,4,7,10-16,18H2,(H,26,31)/t21-/m1/s1. The lowest BCUT2D eigenvalue weighted by molar-refractivity contribution is -0.133. The summed E-state index contributed by atoms with van der Waals surface area (Å²) >= 11 is 0. The first-order valence-corrected chi connectivity index (χ1v) is 11.7. The van der Waals surface area contributed by atoms with Gasteiger partial charge in [-0.25, -0.2) is 4.79 Å². The fraction of sp³-hybridized carbons (Fsp3) is 0.440. The van der Waals surface area contributed by atoms with Crippen molar-refractivity contribution >= 4 is 17.6 Å². The Hall–Kier alpha value is -3.26. The number of nitrogens with one attached hydrogen (secondary N) is 1. The summed E-state index contributed by atoms with van der Waals surface area (Å²) < 4.78 is 11.4. The molecular weight excluding hydrogens is 420 g/mol. The molecule has 1 N–H and O–H groups in total. The highest BCUT2D eigenvalue weighted by molar-refractivity contribution is 5.89. The van der Waals surface area contributed by atoms with Gasteiger partial charge < -0.3 is 24.6 Å². The molecule has 174 valence electrons. The van der Waals surface area contributed by atoms with Crippen LogP contribution in [0.15, 0.2) is 48.5 Å². The normalized spacial score (nSPS) is 20.5. The first kappa shape index (κ1) is 21.6. The van der Waals surface area contributed by atoms with Crippen molar-refractivity contribution in [3.8, 4) is 11.5 Å². The van der Waals surface area contributed by atoms with E-state index in [0.717, 1.165) is 42.1 Å². The van der Waals surface area contributed by atoms with Crippen molar-refractivity contribution in [2.45, 2.75) is 18.9 Å². The van der Waals surface area contributed by atoms with E-state index in [2.05, 4.69) is 10.2 Å². The van der Waals surface area contributed by atoms with Gasteiger partial charge in [-0.05, 0) is 42.7 Å². The number of carbonyl (C=O) groups is 2. The average Bonchev–Trinajstić information content (AvgIpc) is 3.35. The number of carbonyl (C=O) groups excluding carboxylic acids is 2. The predicted molar refractivity (Wildman–Crippen MR) is 125 cm³/mol. The number of ether oxygens (including phenoxy) is 2. The van der Waals surface area contributed by atoms with Crippen LogP contribution in [0.1, 0.15) is 24.4 Å². The summed E-state index contributed by atoms with van der Waals surface area (Å²) in [5, 5.41) is 2.93. The van der Waals surface area contributed by atoms with E-state index in [-0.39, 0.29) is 18.0 Å². The first-order chi connectivity index (χ1) is 16.2. The van der Waals surface area contributed by atoms with Crippen LogP contribution in [0.4, 0.5) is 10.5 Å². The summed E-state index contributed by atoms with van der Waals surface area (Å²) in [7, 11) is 0. The second kappa shape index (κ2) is 9.70. The molecule has 0 aliphatic carbocycles. The van der Waals surface area contributed by atoms with Crippen LogP contribution in [0, 0.1) is 0 Å². The van der Waals surface area contributed by atoms with Crippen molar-refractivity contribution in [3.63, 3.8) is 0 Å². The molecule has 2 aromatic rings. The van der Waals surface area contributed by atoms with E-state index in [9.17, 15) is 9.59 Å². The minimum Gasteiger partial charge on any atom is -0.486 e. The number of likely N-dealkylation sites (tertiary alicyclic amines) is 1. The lowest BCUT2D eigenvalue weighted by atomic mass is 10.0. The molecule has 3 aliphatic rings. The van der Waals surface area contributed by atoms with Gasteiger partial charge in [0.1, 0.15) is 13.2 Å². The highest BCUT2D eigenvalue weighted by atomic mass is 16.6. The number of para-hydroxylation sites is 1. The van der Waals surface area contributed by atoms with E-state index < -0.39 is 0 Å². The van der Waals surface area contributed by atoms with E-state index in [4.69, 9.17) is 9.47 Å². The van der Waals surface area contributed by atoms with Gasteiger partial charge in [0.25, 0.3) is 0 Å². The van der Waals surface area contributed by atoms with Gasteiger partial charge in [-0.15, -0.1) is 0 Å². The molecule has 3 amide bonds. The summed E-state index contributed by atoms with van der Waals surface area (Å²) in [5.74, 6) is 1.69. The molecule has 2 aromatic carbocycles. The maximum absolute atomic E-state index is 13.2. The van der Waals surface area contributed by atoms with Crippen LogP contribution in [0.3, 0.4) is 0 Å². The van der Waals surface area contributed by atoms with Crippen LogP contribution in [0.2, 0.25) is 0 Å². The number of piperazine rings is 1. The Bertz CT molecular complexity index is 991. The third-order valence-electron chi connectivity index (χ3n) is 6.57. The lowest BCUT2D eigenvalue weighted by Gasteiger charge is -2.35. The first-order valence-electron chi connectivity index (χ1n) is 11.7. The van der Waals surface area contributed by atoms with Crippen molar-refractivity contribution in [3.05, 3.63) is 54.1 Å². The van der Waals surface area contributed by atoms with Gasteiger partial charge in [0, 0.05) is 38.4 Å². The molecule has 0 saturated carbocycles. The van der Waals surface area contributed by atoms with Gasteiger partial charge in [0.05, 0.1) is 12.6 Å². The van der Waals surface area contributed by atoms with Crippen LogP contribution >= 0.6 is 0 Å². The molecule has 2 fully saturated rings. The number of nitrogens with zero attached hydrogens (tertiary/aromatic N) is 3. The summed E-state index contributed by atoms with van der Waals surface area (Å²) in [6.07, 6.45) is 1.96. The molecular formula is C25H30N4O4. The summed E-state index contributed by atoms with van der Waals surface area (Å²) in [6.45, 7) is 4.88. The Morgan fingerprint density at radius 2 is 1.67 bits per heavy atom. The topological polar surface area (TPSA) is 74.4 Å². The molecule has 0 bridgehead atoms. The fourth-order valence-corrected chi connectivity index (χ4v) is 4.79. The van der Waals surface area contributed by atoms with Gasteiger partial charge in [-0.3, -0.25) is 9.69 Å². The van der Waals surface area contributed by atoms with E-state index in [1.54, 1.807) is 0 Å². The molecule has 8 nitrogen and oxygen atoms in total. The van der Waals surface area contributed by atoms with Gasteiger partial charge in [0.2, 0.25) is 5.91 Å². The molecule has 8 heteroatoms. The van der Waals surface area contributed by atoms with Gasteiger partial charge >= 0.3 is 6.03 Å².